The first kappa shape index (κ1) is 15.9. The summed E-state index contributed by atoms with van der Waals surface area (Å²) in [6.45, 7) is 3.93. The van der Waals surface area contributed by atoms with Crippen molar-refractivity contribution in [3.05, 3.63) is 24.4 Å². The Balaban J connectivity index is 1.87. The zero-order valence-electron chi connectivity index (χ0n) is 13.2. The van der Waals surface area contributed by atoms with Crippen molar-refractivity contribution < 1.29 is 13.2 Å². The quantitative estimate of drug-likeness (QED) is 0.843. The van der Waals surface area contributed by atoms with Crippen LogP contribution in [0.4, 0.5) is 0 Å². The maximum Gasteiger partial charge on any atom is 0.254 e. The zero-order valence-corrected chi connectivity index (χ0v) is 14.0. The summed E-state index contributed by atoms with van der Waals surface area (Å²) < 4.78 is 26.6. The summed E-state index contributed by atoms with van der Waals surface area (Å²) in [6.07, 6.45) is 4.46. The van der Waals surface area contributed by atoms with Crippen molar-refractivity contribution in [2.45, 2.75) is 50.4 Å². The average molecular weight is 336 g/mol. The third-order valence-corrected chi connectivity index (χ3v) is 5.82. The van der Waals surface area contributed by atoms with Crippen LogP contribution in [-0.4, -0.2) is 51.7 Å². The third kappa shape index (κ3) is 2.95. The molecule has 23 heavy (non-hydrogen) atoms. The molecule has 1 aliphatic rings. The molecule has 8 heteroatoms. The molecule has 0 aliphatic carbocycles. The number of amides is 1. The SMILES string of the molecule is C[C@@H]1CCC[C@H](C)N1C(=O)CS(=O)(=O)c1nnc2ccccn12. The lowest BCUT2D eigenvalue weighted by atomic mass is 9.98. The molecule has 1 aliphatic heterocycles. The molecule has 124 valence electrons. The van der Waals surface area contributed by atoms with Crippen LogP contribution in [0.3, 0.4) is 0 Å². The summed E-state index contributed by atoms with van der Waals surface area (Å²) >= 11 is 0. The molecular formula is C15H20N4O3S. The zero-order chi connectivity index (χ0) is 16.6. The van der Waals surface area contributed by atoms with Gasteiger partial charge in [-0.25, -0.2) is 8.42 Å². The highest BCUT2D eigenvalue weighted by Crippen LogP contribution is 2.23. The van der Waals surface area contributed by atoms with Crippen LogP contribution in [0.2, 0.25) is 0 Å². The number of hydrogen-bond donors (Lipinski definition) is 0. The van der Waals surface area contributed by atoms with Gasteiger partial charge in [0.25, 0.3) is 5.16 Å². The Morgan fingerprint density at radius 1 is 1.22 bits per heavy atom. The molecular weight excluding hydrogens is 316 g/mol. The van der Waals surface area contributed by atoms with E-state index < -0.39 is 15.6 Å². The van der Waals surface area contributed by atoms with Gasteiger partial charge in [0.2, 0.25) is 15.7 Å². The van der Waals surface area contributed by atoms with E-state index in [4.69, 9.17) is 0 Å². The van der Waals surface area contributed by atoms with Crippen LogP contribution in [-0.2, 0) is 14.6 Å². The van der Waals surface area contributed by atoms with Crippen molar-refractivity contribution in [2.24, 2.45) is 0 Å². The van der Waals surface area contributed by atoms with E-state index in [1.54, 1.807) is 29.3 Å². The molecule has 1 amide bonds. The molecule has 0 radical (unpaired) electrons. The lowest BCUT2D eigenvalue weighted by Gasteiger charge is -2.39. The first-order valence-electron chi connectivity index (χ1n) is 7.74. The smallest absolute Gasteiger partial charge is 0.254 e. The number of aromatic nitrogens is 3. The monoisotopic (exact) mass is 336 g/mol. The summed E-state index contributed by atoms with van der Waals surface area (Å²) in [5.74, 6) is -0.936. The van der Waals surface area contributed by atoms with Crippen molar-refractivity contribution >= 4 is 21.4 Å². The number of piperidine rings is 1. The van der Waals surface area contributed by atoms with E-state index in [9.17, 15) is 13.2 Å². The van der Waals surface area contributed by atoms with Crippen LogP contribution in [0.25, 0.3) is 5.65 Å². The van der Waals surface area contributed by atoms with Gasteiger partial charge in [0.15, 0.2) is 5.65 Å². The van der Waals surface area contributed by atoms with E-state index in [0.717, 1.165) is 19.3 Å². The Morgan fingerprint density at radius 3 is 2.61 bits per heavy atom. The second kappa shape index (κ2) is 5.92. The summed E-state index contributed by atoms with van der Waals surface area (Å²) in [5, 5.41) is 7.42. The van der Waals surface area contributed by atoms with E-state index in [1.165, 1.54) is 4.40 Å². The Bertz CT molecular complexity index is 820. The van der Waals surface area contributed by atoms with Crippen molar-refractivity contribution in [3.63, 3.8) is 0 Å². The number of pyridine rings is 1. The Hall–Kier alpha value is -1.96. The number of carbonyl (C=O) groups excluding carboxylic acids is 1. The number of hydrogen-bond acceptors (Lipinski definition) is 5. The predicted molar refractivity (Wildman–Crippen MR) is 84.7 cm³/mol. The first-order valence-corrected chi connectivity index (χ1v) is 9.39. The second-order valence-corrected chi connectivity index (χ2v) is 7.98. The van der Waals surface area contributed by atoms with E-state index in [2.05, 4.69) is 10.2 Å². The molecule has 7 nitrogen and oxygen atoms in total. The summed E-state index contributed by atoms with van der Waals surface area (Å²) in [5.41, 5.74) is 0.443. The highest BCUT2D eigenvalue weighted by atomic mass is 32.2. The highest BCUT2D eigenvalue weighted by molar-refractivity contribution is 7.91. The van der Waals surface area contributed by atoms with Gasteiger partial charge in [0, 0.05) is 18.3 Å². The predicted octanol–water partition coefficient (Wildman–Crippen LogP) is 1.29. The molecule has 2 atom stereocenters. The van der Waals surface area contributed by atoms with Crippen molar-refractivity contribution in [1.29, 1.82) is 0 Å². The van der Waals surface area contributed by atoms with Gasteiger partial charge in [-0.1, -0.05) is 6.07 Å². The van der Waals surface area contributed by atoms with Crippen LogP contribution in [0.5, 0.6) is 0 Å². The van der Waals surface area contributed by atoms with Gasteiger partial charge in [-0.3, -0.25) is 9.20 Å². The molecule has 0 N–H and O–H groups in total. The number of likely N-dealkylation sites (tertiary alicyclic amines) is 1. The highest BCUT2D eigenvalue weighted by Gasteiger charge is 2.33. The summed E-state index contributed by atoms with van der Waals surface area (Å²) in [6, 6.07) is 5.25. The molecule has 0 saturated carbocycles. The lowest BCUT2D eigenvalue weighted by Crippen LogP contribution is -2.49. The van der Waals surface area contributed by atoms with E-state index >= 15 is 0 Å². The number of nitrogens with zero attached hydrogens (tertiary/aromatic N) is 4. The van der Waals surface area contributed by atoms with E-state index in [-0.39, 0.29) is 23.1 Å². The minimum Gasteiger partial charge on any atom is -0.336 e. The lowest BCUT2D eigenvalue weighted by molar-refractivity contribution is -0.134. The van der Waals surface area contributed by atoms with Crippen LogP contribution in [0.1, 0.15) is 33.1 Å². The van der Waals surface area contributed by atoms with Crippen LogP contribution < -0.4 is 0 Å². The van der Waals surface area contributed by atoms with Gasteiger partial charge in [-0.15, -0.1) is 10.2 Å². The van der Waals surface area contributed by atoms with Crippen LogP contribution in [0.15, 0.2) is 29.6 Å². The molecule has 3 rings (SSSR count). The molecule has 3 heterocycles. The van der Waals surface area contributed by atoms with Crippen molar-refractivity contribution in [2.75, 3.05) is 5.75 Å². The summed E-state index contributed by atoms with van der Waals surface area (Å²) in [7, 11) is -3.84. The van der Waals surface area contributed by atoms with Crippen molar-refractivity contribution in [1.82, 2.24) is 19.5 Å². The molecule has 0 bridgehead atoms. The minimum absolute atomic E-state index is 0.0663. The maximum atomic E-state index is 12.6. The Labute approximate surface area is 135 Å². The number of carbonyl (C=O) groups is 1. The fourth-order valence-electron chi connectivity index (χ4n) is 3.25. The molecule has 2 aromatic heterocycles. The molecule has 0 spiro atoms. The molecule has 2 aromatic rings. The second-order valence-electron chi connectivity index (χ2n) is 6.10. The summed E-state index contributed by atoms with van der Waals surface area (Å²) in [4.78, 5) is 14.3. The minimum atomic E-state index is -3.84. The molecule has 0 unspecified atom stereocenters. The fraction of sp³-hybridized carbons (Fsp3) is 0.533. The third-order valence-electron chi connectivity index (χ3n) is 4.36. The standard InChI is InChI=1S/C15H20N4O3S/c1-11-6-5-7-12(2)19(11)14(20)10-23(21,22)15-17-16-13-8-3-4-9-18(13)15/h3-4,8-9,11-12H,5-7,10H2,1-2H3/t11-,12+. The van der Waals surface area contributed by atoms with Crippen molar-refractivity contribution in [3.8, 4) is 0 Å². The topological polar surface area (TPSA) is 84.6 Å². The van der Waals surface area contributed by atoms with Gasteiger partial charge in [0.05, 0.1) is 0 Å². The van der Waals surface area contributed by atoms with Gasteiger partial charge < -0.3 is 4.90 Å². The fourth-order valence-corrected chi connectivity index (χ4v) is 4.47. The van der Waals surface area contributed by atoms with Gasteiger partial charge in [-0.05, 0) is 45.2 Å². The Morgan fingerprint density at radius 2 is 1.91 bits per heavy atom. The number of fused-ring (bicyclic) bond motifs is 1. The molecule has 0 aromatic carbocycles. The first-order chi connectivity index (χ1) is 10.9. The number of rotatable bonds is 3. The molecule has 1 fully saturated rings. The van der Waals surface area contributed by atoms with E-state index in [0.29, 0.717) is 5.65 Å². The Kier molecular flexibility index (Phi) is 4.09. The van der Waals surface area contributed by atoms with Crippen LogP contribution >= 0.6 is 0 Å². The van der Waals surface area contributed by atoms with Crippen LogP contribution in [0, 0.1) is 0 Å². The van der Waals surface area contributed by atoms with Gasteiger partial charge in [-0.2, -0.15) is 0 Å². The molecule has 1 saturated heterocycles. The van der Waals surface area contributed by atoms with E-state index in [1.807, 2.05) is 13.8 Å². The van der Waals surface area contributed by atoms with Gasteiger partial charge >= 0.3 is 0 Å². The maximum absolute atomic E-state index is 12.6. The number of sulfone groups is 1. The average Bonchev–Trinajstić information content (AvgIpc) is 2.91. The largest absolute Gasteiger partial charge is 0.336 e. The normalized spacial score (nSPS) is 22.4. The van der Waals surface area contributed by atoms with Gasteiger partial charge in [0.1, 0.15) is 5.75 Å².